The van der Waals surface area contributed by atoms with Crippen LogP contribution in [-0.4, -0.2) is 29.8 Å². The third-order valence-electron chi connectivity index (χ3n) is 4.26. The molecule has 0 radical (unpaired) electrons. The van der Waals surface area contributed by atoms with Gasteiger partial charge in [-0.15, -0.1) is 0 Å². The quantitative estimate of drug-likeness (QED) is 0.912. The van der Waals surface area contributed by atoms with Gasteiger partial charge in [0.2, 0.25) is 11.8 Å². The highest BCUT2D eigenvalue weighted by Gasteiger charge is 2.27. The third kappa shape index (κ3) is 4.09. The zero-order chi connectivity index (χ0) is 16.3. The number of nitrogens with zero attached hydrogens (tertiary/aromatic N) is 1. The number of nitrogens with one attached hydrogen (secondary N) is 1. The maximum atomic E-state index is 12.4. The molecule has 4 heteroatoms. The van der Waals surface area contributed by atoms with Gasteiger partial charge in [0, 0.05) is 25.7 Å². The number of hydrogen-bond acceptors (Lipinski definition) is 2. The van der Waals surface area contributed by atoms with Gasteiger partial charge >= 0.3 is 0 Å². The SMILES string of the molecule is CC(=O)N1CCC[C@@H](C(=O)Nc2ccc(C(C)(C)C)cc2)C1. The highest BCUT2D eigenvalue weighted by Crippen LogP contribution is 2.24. The smallest absolute Gasteiger partial charge is 0.229 e. The third-order valence-corrected chi connectivity index (χ3v) is 4.26. The summed E-state index contributed by atoms with van der Waals surface area (Å²) >= 11 is 0. The van der Waals surface area contributed by atoms with E-state index in [0.29, 0.717) is 6.54 Å². The van der Waals surface area contributed by atoms with Crippen molar-refractivity contribution in [1.29, 1.82) is 0 Å². The number of carbonyl (C=O) groups is 2. The van der Waals surface area contributed by atoms with Crippen LogP contribution in [0.15, 0.2) is 24.3 Å². The summed E-state index contributed by atoms with van der Waals surface area (Å²) in [6.45, 7) is 9.35. The van der Waals surface area contributed by atoms with Gasteiger partial charge in [0.25, 0.3) is 0 Å². The average molecular weight is 302 g/mol. The van der Waals surface area contributed by atoms with E-state index in [2.05, 4.69) is 38.2 Å². The fourth-order valence-electron chi connectivity index (χ4n) is 2.78. The summed E-state index contributed by atoms with van der Waals surface area (Å²) in [6.07, 6.45) is 1.73. The monoisotopic (exact) mass is 302 g/mol. The van der Waals surface area contributed by atoms with Crippen molar-refractivity contribution in [2.24, 2.45) is 5.92 Å². The van der Waals surface area contributed by atoms with E-state index in [9.17, 15) is 9.59 Å². The Kier molecular flexibility index (Phi) is 4.89. The van der Waals surface area contributed by atoms with E-state index in [-0.39, 0.29) is 23.1 Å². The van der Waals surface area contributed by atoms with Crippen LogP contribution >= 0.6 is 0 Å². The zero-order valence-electron chi connectivity index (χ0n) is 14.0. The van der Waals surface area contributed by atoms with Gasteiger partial charge in [-0.25, -0.2) is 0 Å². The molecule has 1 atom stereocenters. The molecule has 4 nitrogen and oxygen atoms in total. The lowest BCUT2D eigenvalue weighted by Gasteiger charge is -2.31. The maximum Gasteiger partial charge on any atom is 0.229 e. The van der Waals surface area contributed by atoms with Crippen molar-refractivity contribution in [3.05, 3.63) is 29.8 Å². The van der Waals surface area contributed by atoms with E-state index in [4.69, 9.17) is 0 Å². The number of amides is 2. The number of benzene rings is 1. The molecule has 1 saturated heterocycles. The number of anilines is 1. The van der Waals surface area contributed by atoms with Gasteiger partial charge in [0.15, 0.2) is 0 Å². The molecule has 0 saturated carbocycles. The molecular weight excluding hydrogens is 276 g/mol. The Morgan fingerprint density at radius 2 is 1.82 bits per heavy atom. The molecule has 22 heavy (non-hydrogen) atoms. The van der Waals surface area contributed by atoms with E-state index < -0.39 is 0 Å². The van der Waals surface area contributed by atoms with Crippen molar-refractivity contribution >= 4 is 17.5 Å². The Balaban J connectivity index is 1.98. The minimum Gasteiger partial charge on any atom is -0.342 e. The Morgan fingerprint density at radius 3 is 2.36 bits per heavy atom. The van der Waals surface area contributed by atoms with Crippen LogP contribution in [0.2, 0.25) is 0 Å². The summed E-state index contributed by atoms with van der Waals surface area (Å²) < 4.78 is 0. The predicted molar refractivity (Wildman–Crippen MR) is 88.7 cm³/mol. The van der Waals surface area contributed by atoms with E-state index in [0.717, 1.165) is 25.1 Å². The Hall–Kier alpha value is -1.84. The molecule has 0 unspecified atom stereocenters. The second kappa shape index (κ2) is 6.51. The first-order valence-corrected chi connectivity index (χ1v) is 7.94. The van der Waals surface area contributed by atoms with Gasteiger partial charge in [-0.3, -0.25) is 9.59 Å². The second-order valence-corrected chi connectivity index (χ2v) is 7.12. The number of hydrogen-bond donors (Lipinski definition) is 1. The van der Waals surface area contributed by atoms with Crippen molar-refractivity contribution < 1.29 is 9.59 Å². The zero-order valence-corrected chi connectivity index (χ0v) is 14.0. The van der Waals surface area contributed by atoms with Crippen molar-refractivity contribution in [3.63, 3.8) is 0 Å². The van der Waals surface area contributed by atoms with Gasteiger partial charge in [-0.1, -0.05) is 32.9 Å². The van der Waals surface area contributed by atoms with Crippen LogP contribution in [0.1, 0.15) is 46.1 Å². The van der Waals surface area contributed by atoms with Crippen molar-refractivity contribution in [2.75, 3.05) is 18.4 Å². The fourth-order valence-corrected chi connectivity index (χ4v) is 2.78. The summed E-state index contributed by atoms with van der Waals surface area (Å²) in [5, 5.41) is 2.97. The van der Waals surface area contributed by atoms with E-state index in [1.54, 1.807) is 11.8 Å². The summed E-state index contributed by atoms with van der Waals surface area (Å²) in [5.74, 6) is -0.0542. The maximum absolute atomic E-state index is 12.4. The highest BCUT2D eigenvalue weighted by molar-refractivity contribution is 5.93. The first-order chi connectivity index (χ1) is 10.3. The van der Waals surface area contributed by atoms with Crippen LogP contribution in [0, 0.1) is 5.92 Å². The molecular formula is C18H26N2O2. The summed E-state index contributed by atoms with van der Waals surface area (Å²) in [4.78, 5) is 25.6. The molecule has 1 N–H and O–H groups in total. The number of rotatable bonds is 2. The molecule has 0 aliphatic carbocycles. The van der Waals surface area contributed by atoms with E-state index >= 15 is 0 Å². The van der Waals surface area contributed by atoms with Crippen molar-refractivity contribution in [3.8, 4) is 0 Å². The van der Waals surface area contributed by atoms with Crippen molar-refractivity contribution in [1.82, 2.24) is 4.90 Å². The summed E-state index contributed by atoms with van der Waals surface area (Å²) in [7, 11) is 0. The molecule has 0 aromatic heterocycles. The molecule has 1 fully saturated rings. The van der Waals surface area contributed by atoms with E-state index in [1.807, 2.05) is 12.1 Å². The van der Waals surface area contributed by atoms with Gasteiger partial charge in [-0.2, -0.15) is 0 Å². The normalized spacial score (nSPS) is 18.9. The first kappa shape index (κ1) is 16.5. The van der Waals surface area contributed by atoms with Crippen LogP contribution in [0.3, 0.4) is 0 Å². The molecule has 1 heterocycles. The van der Waals surface area contributed by atoms with Crippen LogP contribution in [0.5, 0.6) is 0 Å². The van der Waals surface area contributed by atoms with Gasteiger partial charge in [0.1, 0.15) is 0 Å². The Bertz CT molecular complexity index is 543. The minimum absolute atomic E-state index is 0.00876. The average Bonchev–Trinajstić information content (AvgIpc) is 2.47. The van der Waals surface area contributed by atoms with Crippen LogP contribution in [0.4, 0.5) is 5.69 Å². The Morgan fingerprint density at radius 1 is 1.18 bits per heavy atom. The molecule has 2 rings (SSSR count). The minimum atomic E-state index is -0.111. The van der Waals surface area contributed by atoms with Crippen LogP contribution in [-0.2, 0) is 15.0 Å². The second-order valence-electron chi connectivity index (χ2n) is 7.12. The highest BCUT2D eigenvalue weighted by atomic mass is 16.2. The topological polar surface area (TPSA) is 49.4 Å². The van der Waals surface area contributed by atoms with Crippen LogP contribution in [0.25, 0.3) is 0 Å². The largest absolute Gasteiger partial charge is 0.342 e. The predicted octanol–water partition coefficient (Wildman–Crippen LogP) is 3.18. The van der Waals surface area contributed by atoms with E-state index in [1.165, 1.54) is 5.56 Å². The lowest BCUT2D eigenvalue weighted by Crippen LogP contribution is -2.42. The lowest BCUT2D eigenvalue weighted by molar-refractivity contribution is -0.132. The molecule has 1 aliphatic heterocycles. The summed E-state index contributed by atoms with van der Waals surface area (Å²) in [6, 6.07) is 8.00. The lowest BCUT2D eigenvalue weighted by atomic mass is 9.87. The molecule has 2 amide bonds. The molecule has 120 valence electrons. The standard InChI is InChI=1S/C18H26N2O2/c1-13(21)20-11-5-6-14(12-20)17(22)19-16-9-7-15(8-10-16)18(2,3)4/h7-10,14H,5-6,11-12H2,1-4H3,(H,19,22)/t14-/m1/s1. The van der Waals surface area contributed by atoms with Crippen LogP contribution < -0.4 is 5.32 Å². The molecule has 0 bridgehead atoms. The molecule has 1 aromatic carbocycles. The van der Waals surface area contributed by atoms with Gasteiger partial charge < -0.3 is 10.2 Å². The summed E-state index contributed by atoms with van der Waals surface area (Å²) in [5.41, 5.74) is 2.16. The molecule has 1 aliphatic rings. The Labute approximate surface area is 132 Å². The number of piperidine rings is 1. The van der Waals surface area contributed by atoms with Gasteiger partial charge in [-0.05, 0) is 36.0 Å². The fraction of sp³-hybridized carbons (Fsp3) is 0.556. The number of likely N-dealkylation sites (tertiary alicyclic amines) is 1. The molecule has 0 spiro atoms. The van der Waals surface area contributed by atoms with Gasteiger partial charge in [0.05, 0.1) is 5.92 Å². The number of carbonyl (C=O) groups excluding carboxylic acids is 2. The first-order valence-electron chi connectivity index (χ1n) is 7.94. The van der Waals surface area contributed by atoms with Crippen molar-refractivity contribution in [2.45, 2.75) is 46.0 Å². The molecule has 1 aromatic rings.